The van der Waals surface area contributed by atoms with Gasteiger partial charge in [-0.25, -0.2) is 0 Å². The van der Waals surface area contributed by atoms with Gasteiger partial charge < -0.3 is 34.0 Å². The zero-order valence-electron chi connectivity index (χ0n) is 16.9. The fraction of sp³-hybridized carbons (Fsp3) is 0.0833. The van der Waals surface area contributed by atoms with Crippen molar-refractivity contribution in [2.45, 2.75) is 13.8 Å². The van der Waals surface area contributed by atoms with Crippen LogP contribution in [0.15, 0.2) is 45.6 Å². The highest BCUT2D eigenvalue weighted by Gasteiger charge is 2.03. The molecule has 0 bridgehead atoms. The first-order chi connectivity index (χ1) is 14.7. The number of nitrogens with one attached hydrogen (secondary N) is 1. The molecular weight excluding hydrogens is 664 g/mol. The van der Waals surface area contributed by atoms with Crippen molar-refractivity contribution in [1.29, 1.82) is 5.53 Å². The summed E-state index contributed by atoms with van der Waals surface area (Å²) in [5, 5.41) is 2.19. The Bertz CT molecular complexity index is 1260. The fourth-order valence-corrected chi connectivity index (χ4v) is 2.75. The van der Waals surface area contributed by atoms with Crippen molar-refractivity contribution in [3.63, 3.8) is 0 Å². The second-order valence-corrected chi connectivity index (χ2v) is 6.85. The number of halogens is 4. The Labute approximate surface area is 225 Å². The van der Waals surface area contributed by atoms with Crippen LogP contribution < -0.4 is 39.5 Å². The topological polar surface area (TPSA) is 75.2 Å². The second-order valence-electron chi connectivity index (χ2n) is 5.02. The summed E-state index contributed by atoms with van der Waals surface area (Å²) in [6.07, 6.45) is 3.59. The third-order valence-electron chi connectivity index (χ3n) is 3.12. The van der Waals surface area contributed by atoms with Gasteiger partial charge in [0.2, 0.25) is 0 Å². The van der Waals surface area contributed by atoms with E-state index in [2.05, 4.69) is 119 Å². The summed E-state index contributed by atoms with van der Waals surface area (Å²) in [7, 11) is 0. The van der Waals surface area contributed by atoms with E-state index in [4.69, 9.17) is 5.53 Å². The molecule has 4 nitrogen and oxygen atoms in total. The van der Waals surface area contributed by atoms with Gasteiger partial charge in [-0.1, -0.05) is 29.5 Å². The van der Waals surface area contributed by atoms with Crippen LogP contribution in [-0.4, -0.2) is 9.97 Å². The first-order valence-corrected chi connectivity index (χ1v) is 9.86. The number of aromatic nitrogens is 2. The van der Waals surface area contributed by atoms with E-state index in [1.807, 2.05) is 12.1 Å². The van der Waals surface area contributed by atoms with Crippen LogP contribution in [0.5, 0.6) is 0 Å². The van der Waals surface area contributed by atoms with E-state index in [0.717, 1.165) is 30.8 Å². The molecule has 0 radical (unpaired) electrons. The van der Waals surface area contributed by atoms with Crippen molar-refractivity contribution in [2.75, 3.05) is 0 Å². The normalized spacial score (nSPS) is 7.12. The molecule has 0 aliphatic heterocycles. The van der Waals surface area contributed by atoms with Gasteiger partial charge in [-0.15, -0.1) is 0 Å². The number of nitrogens with two attached hydrogens (primary N) is 1. The highest BCUT2D eigenvalue weighted by atomic mass is 79.9. The average molecular weight is 679 g/mol. The molecule has 2 aromatic heterocycles. The largest absolute Gasteiger partial charge is 1.00 e. The van der Waals surface area contributed by atoms with Crippen molar-refractivity contribution in [3.8, 4) is 59.2 Å². The van der Waals surface area contributed by atoms with Crippen molar-refractivity contribution in [2.24, 2.45) is 0 Å². The Hall–Kier alpha value is -2.64. The van der Waals surface area contributed by atoms with Crippen LogP contribution in [0, 0.1) is 64.7 Å². The molecule has 3 rings (SSSR count). The monoisotopic (exact) mass is 675 g/mol. The molecule has 0 saturated heterocycles. The molecule has 160 valence electrons. The van der Waals surface area contributed by atoms with Gasteiger partial charge in [0.1, 0.15) is 0 Å². The Morgan fingerprint density at radius 1 is 0.656 bits per heavy atom. The van der Waals surface area contributed by atoms with Gasteiger partial charge >= 0.3 is 0 Å². The van der Waals surface area contributed by atoms with Crippen LogP contribution in [0.25, 0.3) is 21.8 Å². The Balaban J connectivity index is 0. The number of fused-ring (bicyclic) bond motifs is 3. The van der Waals surface area contributed by atoms with Crippen LogP contribution in [0.4, 0.5) is 0 Å². The maximum Gasteiger partial charge on any atom is 0.0965 e. The lowest BCUT2D eigenvalue weighted by molar-refractivity contribution is -0.249. The van der Waals surface area contributed by atoms with E-state index in [-0.39, 0.29) is 34.0 Å². The number of hydrogen-bond acceptors (Lipinski definition) is 3. The van der Waals surface area contributed by atoms with Crippen LogP contribution in [0.3, 0.4) is 0 Å². The summed E-state index contributed by atoms with van der Waals surface area (Å²) in [4.78, 5) is 8.83. The van der Waals surface area contributed by atoms with E-state index < -0.39 is 0 Å². The number of benzene rings is 1. The number of pyridine rings is 2. The van der Waals surface area contributed by atoms with Crippen molar-refractivity contribution in [1.82, 2.24) is 9.97 Å². The summed E-state index contributed by atoms with van der Waals surface area (Å²) < 4.78 is 1.97. The second kappa shape index (κ2) is 19.1. The Morgan fingerprint density at radius 2 is 0.969 bits per heavy atom. The predicted molar refractivity (Wildman–Crippen MR) is 127 cm³/mol. The molecule has 1 aromatic carbocycles. The third-order valence-corrected chi connectivity index (χ3v) is 3.99. The summed E-state index contributed by atoms with van der Waals surface area (Å²) in [6.45, 7) is 3.44. The smallest absolute Gasteiger partial charge is 0.0965 e. The zero-order chi connectivity index (χ0) is 22.2. The fourth-order valence-electron chi connectivity index (χ4n) is 2.05. The van der Waals surface area contributed by atoms with Gasteiger partial charge in [0.25, 0.3) is 0 Å². The number of nitrogens with zero attached hydrogens (tertiary/aromatic N) is 2. The van der Waals surface area contributed by atoms with Gasteiger partial charge in [0.05, 0.1) is 11.0 Å². The van der Waals surface area contributed by atoms with Gasteiger partial charge in [-0.3, -0.25) is 9.97 Å². The maximum atomic E-state index is 5.25. The lowest BCUT2D eigenvalue weighted by Gasteiger charge is -2.02. The van der Waals surface area contributed by atoms with Crippen LogP contribution in [-0.2, 0) is 0 Å². The standard InChI is InChI=1S/C12H6Br2N2.C12H6.2BrH.H2N2/c13-9-3-7-1-2-8-4-10(14)6-16-12(8)11(7)15-5-9;1-3-5-7-9-11-12-10-8-6-4-2;;;1-2/h1-6H;1-2H3;2*1H;1-2H/p-1. The van der Waals surface area contributed by atoms with Crippen LogP contribution in [0.2, 0.25) is 0 Å². The first kappa shape index (κ1) is 31.5. The molecule has 0 amide bonds. The molecule has 0 aliphatic carbocycles. The lowest BCUT2D eigenvalue weighted by Crippen LogP contribution is -3.00. The Kier molecular flexibility index (Phi) is 18.8. The Morgan fingerprint density at radius 3 is 1.28 bits per heavy atom. The molecule has 0 saturated carbocycles. The van der Waals surface area contributed by atoms with Gasteiger partial charge in [-0.05, 0) is 105 Å². The van der Waals surface area contributed by atoms with E-state index in [1.165, 1.54) is 0 Å². The summed E-state index contributed by atoms with van der Waals surface area (Å²) in [5.41, 5.74) is 10.9. The molecule has 0 spiro atoms. The number of hydrogen-bond donors (Lipinski definition) is 2. The van der Waals surface area contributed by atoms with E-state index >= 15 is 0 Å². The minimum atomic E-state index is 0. The molecule has 0 atom stereocenters. The molecule has 8 heteroatoms. The van der Waals surface area contributed by atoms with Crippen molar-refractivity contribution >= 4 is 53.7 Å². The van der Waals surface area contributed by atoms with Crippen molar-refractivity contribution in [3.05, 3.63) is 45.6 Å². The predicted octanol–water partition coefficient (Wildman–Crippen LogP) is -1.86. The molecule has 0 unspecified atom stereocenters. The molecule has 3 N–H and O–H groups in total. The summed E-state index contributed by atoms with van der Waals surface area (Å²) in [5.74, 6) is 25.6. The minimum Gasteiger partial charge on any atom is -1.00 e. The highest BCUT2D eigenvalue weighted by molar-refractivity contribution is 9.10. The SMILES string of the molecule is Brc1cnc2c(ccc3cc(Br)cnc32)c1.CC#CC#CC#CC#CC#CC.N=[NH2+].[Br-].[Br-]. The highest BCUT2D eigenvalue weighted by Crippen LogP contribution is 2.25. The van der Waals surface area contributed by atoms with Gasteiger partial charge in [0, 0.05) is 32.1 Å². The van der Waals surface area contributed by atoms with Gasteiger partial charge in [-0.2, -0.15) is 5.53 Å². The van der Waals surface area contributed by atoms with Gasteiger partial charge in [0.15, 0.2) is 0 Å². The van der Waals surface area contributed by atoms with Crippen LogP contribution >= 0.6 is 31.9 Å². The lowest BCUT2D eigenvalue weighted by atomic mass is 10.1. The van der Waals surface area contributed by atoms with Crippen molar-refractivity contribution < 1.29 is 39.5 Å². The van der Waals surface area contributed by atoms with E-state index in [9.17, 15) is 0 Å². The number of rotatable bonds is 0. The molecule has 3 aromatic rings. The molecule has 2 heterocycles. The van der Waals surface area contributed by atoms with E-state index in [1.54, 1.807) is 26.2 Å². The molecule has 32 heavy (non-hydrogen) atoms. The quantitative estimate of drug-likeness (QED) is 0.166. The maximum absolute atomic E-state index is 5.25. The third kappa shape index (κ3) is 11.1. The molecule has 0 fully saturated rings. The van der Waals surface area contributed by atoms with E-state index in [0.29, 0.717) is 0 Å². The summed E-state index contributed by atoms with van der Waals surface area (Å²) in [6, 6.07) is 8.21. The zero-order valence-corrected chi connectivity index (χ0v) is 23.3. The summed E-state index contributed by atoms with van der Waals surface area (Å²) >= 11 is 6.84. The molecule has 0 aliphatic rings. The van der Waals surface area contributed by atoms with Crippen LogP contribution in [0.1, 0.15) is 13.8 Å². The molecular formula is C24H15Br4N4-. The first-order valence-electron chi connectivity index (χ1n) is 8.27. The average Bonchev–Trinajstić information content (AvgIpc) is 2.77. The minimum absolute atomic E-state index is 0.